The Morgan fingerprint density at radius 2 is 2.11 bits per heavy atom. The van der Waals surface area contributed by atoms with E-state index in [2.05, 4.69) is 10.3 Å². The molecule has 1 heterocycles. The molecule has 1 N–H and O–H groups in total. The zero-order valence-electron chi connectivity index (χ0n) is 11.1. The number of anilines is 1. The van der Waals surface area contributed by atoms with Gasteiger partial charge in [0, 0.05) is 11.2 Å². The van der Waals surface area contributed by atoms with Crippen molar-refractivity contribution in [2.45, 2.75) is 20.4 Å². The van der Waals surface area contributed by atoms with Crippen LogP contribution in [-0.2, 0) is 6.54 Å². The Balaban J connectivity index is 2.09. The molecule has 100 valence electrons. The molecule has 2 rings (SSSR count). The Hall–Kier alpha value is -1.74. The van der Waals surface area contributed by atoms with Crippen LogP contribution < -0.4 is 10.1 Å². The molecule has 2 aromatic rings. The summed E-state index contributed by atoms with van der Waals surface area (Å²) in [5.41, 5.74) is 3.02. The predicted octanol–water partition coefficient (Wildman–Crippen LogP) is 4.05. The van der Waals surface area contributed by atoms with Crippen molar-refractivity contribution in [2.75, 3.05) is 11.9 Å². The van der Waals surface area contributed by atoms with E-state index < -0.39 is 0 Å². The van der Waals surface area contributed by atoms with Gasteiger partial charge in [0.15, 0.2) is 0 Å². The first kappa shape index (κ1) is 13.7. The minimum atomic E-state index is 0.624. The minimum absolute atomic E-state index is 0.624. The molecule has 0 saturated heterocycles. The maximum absolute atomic E-state index is 6.01. The quantitative estimate of drug-likeness (QED) is 0.894. The lowest BCUT2D eigenvalue weighted by atomic mass is 10.2. The fourth-order valence-electron chi connectivity index (χ4n) is 1.71. The van der Waals surface area contributed by atoms with Crippen molar-refractivity contribution in [1.82, 2.24) is 4.98 Å². The van der Waals surface area contributed by atoms with Gasteiger partial charge in [0.05, 0.1) is 24.5 Å². The molecule has 0 unspecified atom stereocenters. The Morgan fingerprint density at radius 1 is 1.26 bits per heavy atom. The molecule has 0 fully saturated rings. The van der Waals surface area contributed by atoms with Gasteiger partial charge in [-0.25, -0.2) is 0 Å². The molecule has 19 heavy (non-hydrogen) atoms. The van der Waals surface area contributed by atoms with Crippen LogP contribution in [-0.4, -0.2) is 11.6 Å². The zero-order valence-corrected chi connectivity index (χ0v) is 11.9. The number of nitrogens with zero attached hydrogens (tertiary/aromatic N) is 1. The largest absolute Gasteiger partial charge is 0.492 e. The number of ether oxygens (including phenoxy) is 1. The standard InChI is InChI=1S/C15H17ClN2O/c1-3-19-15-7-5-12(16)8-14(15)18-10-13-6-4-11(2)9-17-13/h4-9,18H,3,10H2,1-2H3. The molecule has 0 atom stereocenters. The monoisotopic (exact) mass is 276 g/mol. The molecule has 1 aromatic heterocycles. The summed E-state index contributed by atoms with van der Waals surface area (Å²) in [6, 6.07) is 9.61. The Morgan fingerprint density at radius 3 is 2.79 bits per heavy atom. The summed E-state index contributed by atoms with van der Waals surface area (Å²) in [5, 5.41) is 3.99. The average molecular weight is 277 g/mol. The van der Waals surface area contributed by atoms with E-state index >= 15 is 0 Å². The van der Waals surface area contributed by atoms with Gasteiger partial charge in [0.2, 0.25) is 0 Å². The van der Waals surface area contributed by atoms with Crippen molar-refractivity contribution in [2.24, 2.45) is 0 Å². The second-order valence-corrected chi connectivity index (χ2v) is 4.69. The normalized spacial score (nSPS) is 10.3. The van der Waals surface area contributed by atoms with E-state index in [1.165, 1.54) is 0 Å². The summed E-state index contributed by atoms with van der Waals surface area (Å²) in [6.07, 6.45) is 1.86. The molecule has 0 amide bonds. The molecule has 0 aliphatic carbocycles. The zero-order chi connectivity index (χ0) is 13.7. The molecule has 4 heteroatoms. The summed E-state index contributed by atoms with van der Waals surface area (Å²) in [5.74, 6) is 0.805. The number of hydrogen-bond donors (Lipinski definition) is 1. The summed E-state index contributed by atoms with van der Waals surface area (Å²) >= 11 is 6.01. The van der Waals surface area contributed by atoms with Crippen LogP contribution in [0.15, 0.2) is 36.5 Å². The third kappa shape index (κ3) is 3.86. The second kappa shape index (κ2) is 6.43. The highest BCUT2D eigenvalue weighted by Gasteiger charge is 2.04. The topological polar surface area (TPSA) is 34.1 Å². The van der Waals surface area contributed by atoms with Crippen molar-refractivity contribution in [1.29, 1.82) is 0 Å². The summed E-state index contributed by atoms with van der Waals surface area (Å²) < 4.78 is 5.56. The highest BCUT2D eigenvalue weighted by atomic mass is 35.5. The van der Waals surface area contributed by atoms with E-state index in [0.29, 0.717) is 18.2 Å². The number of hydrogen-bond acceptors (Lipinski definition) is 3. The van der Waals surface area contributed by atoms with Crippen molar-refractivity contribution < 1.29 is 4.74 Å². The highest BCUT2D eigenvalue weighted by molar-refractivity contribution is 6.30. The third-order valence-corrected chi connectivity index (χ3v) is 2.91. The predicted molar refractivity (Wildman–Crippen MR) is 78.9 cm³/mol. The maximum Gasteiger partial charge on any atom is 0.142 e. The van der Waals surface area contributed by atoms with Crippen LogP contribution in [0.4, 0.5) is 5.69 Å². The number of rotatable bonds is 5. The smallest absolute Gasteiger partial charge is 0.142 e. The first-order valence-electron chi connectivity index (χ1n) is 6.27. The van der Waals surface area contributed by atoms with Crippen LogP contribution in [0.5, 0.6) is 5.75 Å². The molecule has 0 aliphatic rings. The first-order valence-corrected chi connectivity index (χ1v) is 6.64. The molecule has 0 spiro atoms. The molecule has 3 nitrogen and oxygen atoms in total. The van der Waals surface area contributed by atoms with Gasteiger partial charge in [-0.2, -0.15) is 0 Å². The lowest BCUT2D eigenvalue weighted by Crippen LogP contribution is -2.04. The maximum atomic E-state index is 6.01. The fourth-order valence-corrected chi connectivity index (χ4v) is 1.88. The lowest BCUT2D eigenvalue weighted by Gasteiger charge is -2.12. The van der Waals surface area contributed by atoms with Gasteiger partial charge >= 0.3 is 0 Å². The van der Waals surface area contributed by atoms with Crippen LogP contribution in [0, 0.1) is 6.92 Å². The Kier molecular flexibility index (Phi) is 4.63. The lowest BCUT2D eigenvalue weighted by molar-refractivity contribution is 0.341. The van der Waals surface area contributed by atoms with E-state index in [4.69, 9.17) is 16.3 Å². The van der Waals surface area contributed by atoms with Gasteiger partial charge in [-0.15, -0.1) is 0 Å². The SMILES string of the molecule is CCOc1ccc(Cl)cc1NCc1ccc(C)cn1. The van der Waals surface area contributed by atoms with Crippen LogP contribution in [0.1, 0.15) is 18.2 Å². The molecule has 0 radical (unpaired) electrons. The van der Waals surface area contributed by atoms with E-state index in [-0.39, 0.29) is 0 Å². The van der Waals surface area contributed by atoms with Gasteiger partial charge in [-0.3, -0.25) is 4.98 Å². The fraction of sp³-hybridized carbons (Fsp3) is 0.267. The van der Waals surface area contributed by atoms with E-state index in [1.54, 1.807) is 0 Å². The summed E-state index contributed by atoms with van der Waals surface area (Å²) in [6.45, 7) is 5.24. The molecule has 0 saturated carbocycles. The molecule has 1 aromatic carbocycles. The van der Waals surface area contributed by atoms with Crippen LogP contribution in [0.2, 0.25) is 5.02 Å². The molecular weight excluding hydrogens is 260 g/mol. The molecule has 0 aliphatic heterocycles. The highest BCUT2D eigenvalue weighted by Crippen LogP contribution is 2.28. The van der Waals surface area contributed by atoms with Crippen molar-refractivity contribution in [3.05, 3.63) is 52.8 Å². The molecule has 0 bridgehead atoms. The van der Waals surface area contributed by atoms with E-state index in [1.807, 2.05) is 50.4 Å². The van der Waals surface area contributed by atoms with Crippen LogP contribution in [0.3, 0.4) is 0 Å². The van der Waals surface area contributed by atoms with Crippen LogP contribution >= 0.6 is 11.6 Å². The second-order valence-electron chi connectivity index (χ2n) is 4.25. The number of aryl methyl sites for hydroxylation is 1. The minimum Gasteiger partial charge on any atom is -0.492 e. The van der Waals surface area contributed by atoms with E-state index in [9.17, 15) is 0 Å². The number of pyridine rings is 1. The van der Waals surface area contributed by atoms with Gasteiger partial charge in [-0.05, 0) is 43.7 Å². The average Bonchev–Trinajstić information content (AvgIpc) is 2.41. The van der Waals surface area contributed by atoms with Crippen molar-refractivity contribution >= 4 is 17.3 Å². The number of aromatic nitrogens is 1. The molecular formula is C15H17ClN2O. The van der Waals surface area contributed by atoms with Crippen LogP contribution in [0.25, 0.3) is 0 Å². The number of nitrogens with one attached hydrogen (secondary N) is 1. The third-order valence-electron chi connectivity index (χ3n) is 2.67. The van der Waals surface area contributed by atoms with Gasteiger partial charge < -0.3 is 10.1 Å². The number of halogens is 1. The Labute approximate surface area is 118 Å². The Bertz CT molecular complexity index is 540. The number of benzene rings is 1. The van der Waals surface area contributed by atoms with E-state index in [0.717, 1.165) is 22.7 Å². The van der Waals surface area contributed by atoms with Gasteiger partial charge in [-0.1, -0.05) is 17.7 Å². The summed E-state index contributed by atoms with van der Waals surface area (Å²) in [7, 11) is 0. The summed E-state index contributed by atoms with van der Waals surface area (Å²) in [4.78, 5) is 4.36. The van der Waals surface area contributed by atoms with Gasteiger partial charge in [0.25, 0.3) is 0 Å². The first-order chi connectivity index (χ1) is 9.19. The van der Waals surface area contributed by atoms with Crippen molar-refractivity contribution in [3.63, 3.8) is 0 Å². The van der Waals surface area contributed by atoms with Gasteiger partial charge in [0.1, 0.15) is 5.75 Å². The van der Waals surface area contributed by atoms with Crippen molar-refractivity contribution in [3.8, 4) is 5.75 Å².